The molecule has 0 saturated heterocycles. The van der Waals surface area contributed by atoms with Crippen LogP contribution in [-0.4, -0.2) is 40.1 Å². The van der Waals surface area contributed by atoms with Crippen LogP contribution >= 0.6 is 23.2 Å². The number of hydrogen-bond acceptors (Lipinski definition) is 6. The summed E-state index contributed by atoms with van der Waals surface area (Å²) >= 11 is 11.6. The maximum absolute atomic E-state index is 11.9. The van der Waals surface area contributed by atoms with Crippen molar-refractivity contribution in [1.82, 2.24) is 20.2 Å². The second-order valence-electron chi connectivity index (χ2n) is 4.33. The highest BCUT2D eigenvalue weighted by Gasteiger charge is 2.22. The predicted octanol–water partition coefficient (Wildman–Crippen LogP) is 1.47. The third-order valence-corrected chi connectivity index (χ3v) is 4.65. The van der Waals surface area contributed by atoms with E-state index in [1.54, 1.807) is 6.92 Å². The van der Waals surface area contributed by atoms with E-state index < -0.39 is 15.1 Å². The molecule has 0 bridgehead atoms. The minimum Gasteiger partial charge on any atom is -0.276 e. The molecule has 0 spiro atoms. The zero-order valence-corrected chi connectivity index (χ0v) is 13.4. The SMILES string of the molecule is Cc1nnnn1Cc1c(S(C)(=O)=O)ccc(C(=O)Cl)c1Cl. The highest BCUT2D eigenvalue weighted by molar-refractivity contribution is 7.90. The first-order valence-electron chi connectivity index (χ1n) is 5.66. The Kier molecular flexibility index (Phi) is 4.31. The standard InChI is InChI=1S/C11H10Cl2N4O3S/c1-6-14-15-16-17(6)5-8-9(21(2,19)20)4-3-7(10(8)12)11(13)18/h3-4H,5H2,1-2H3. The van der Waals surface area contributed by atoms with Crippen LogP contribution < -0.4 is 0 Å². The van der Waals surface area contributed by atoms with Crippen molar-refractivity contribution in [2.45, 2.75) is 18.4 Å². The summed E-state index contributed by atoms with van der Waals surface area (Å²) in [4.78, 5) is 11.3. The molecule has 0 amide bonds. The van der Waals surface area contributed by atoms with Crippen LogP contribution in [0.25, 0.3) is 0 Å². The molecule has 0 radical (unpaired) electrons. The van der Waals surface area contributed by atoms with Gasteiger partial charge in [0.25, 0.3) is 5.24 Å². The second kappa shape index (κ2) is 5.70. The van der Waals surface area contributed by atoms with Crippen molar-refractivity contribution in [3.05, 3.63) is 34.1 Å². The molecule has 0 saturated carbocycles. The molecule has 0 fully saturated rings. The topological polar surface area (TPSA) is 94.8 Å². The molecular formula is C11H10Cl2N4O3S. The predicted molar refractivity (Wildman–Crippen MR) is 76.4 cm³/mol. The Bertz CT molecular complexity index is 817. The van der Waals surface area contributed by atoms with Gasteiger partial charge in [0.2, 0.25) is 0 Å². The highest BCUT2D eigenvalue weighted by Crippen LogP contribution is 2.29. The number of aromatic nitrogens is 4. The first-order chi connectivity index (χ1) is 9.71. The highest BCUT2D eigenvalue weighted by atomic mass is 35.5. The van der Waals surface area contributed by atoms with Crippen LogP contribution in [0.5, 0.6) is 0 Å². The summed E-state index contributed by atoms with van der Waals surface area (Å²) in [5.74, 6) is 0.480. The van der Waals surface area contributed by atoms with Crippen LogP contribution in [0.1, 0.15) is 21.7 Å². The fraction of sp³-hybridized carbons (Fsp3) is 0.273. The van der Waals surface area contributed by atoms with E-state index in [1.807, 2.05) is 0 Å². The van der Waals surface area contributed by atoms with Gasteiger partial charge in [-0.2, -0.15) is 0 Å². The van der Waals surface area contributed by atoms with Gasteiger partial charge in [-0.1, -0.05) is 11.6 Å². The Morgan fingerprint density at radius 2 is 2.05 bits per heavy atom. The van der Waals surface area contributed by atoms with E-state index in [1.165, 1.54) is 16.8 Å². The van der Waals surface area contributed by atoms with Crippen LogP contribution in [0.15, 0.2) is 17.0 Å². The Hall–Kier alpha value is -1.51. The first kappa shape index (κ1) is 15.9. The zero-order chi connectivity index (χ0) is 15.8. The summed E-state index contributed by atoms with van der Waals surface area (Å²) in [5.41, 5.74) is 0.257. The lowest BCUT2D eigenvalue weighted by atomic mass is 10.1. The summed E-state index contributed by atoms with van der Waals surface area (Å²) in [5, 5.41) is 10.1. The van der Waals surface area contributed by atoms with Gasteiger partial charge in [-0.25, -0.2) is 13.1 Å². The van der Waals surface area contributed by atoms with Gasteiger partial charge < -0.3 is 0 Å². The lowest BCUT2D eigenvalue weighted by Crippen LogP contribution is -2.12. The van der Waals surface area contributed by atoms with Gasteiger partial charge in [-0.3, -0.25) is 4.79 Å². The van der Waals surface area contributed by atoms with E-state index in [0.29, 0.717) is 5.82 Å². The molecule has 0 atom stereocenters. The maximum atomic E-state index is 11.9. The molecule has 21 heavy (non-hydrogen) atoms. The molecule has 1 aromatic heterocycles. The van der Waals surface area contributed by atoms with Crippen molar-refractivity contribution in [2.75, 3.05) is 6.26 Å². The van der Waals surface area contributed by atoms with Crippen molar-refractivity contribution in [3.63, 3.8) is 0 Å². The average Bonchev–Trinajstić information content (AvgIpc) is 2.75. The Labute approximate surface area is 130 Å². The number of halogens is 2. The number of rotatable bonds is 4. The zero-order valence-electron chi connectivity index (χ0n) is 11.0. The van der Waals surface area contributed by atoms with Gasteiger partial charge in [-0.15, -0.1) is 5.10 Å². The summed E-state index contributed by atoms with van der Waals surface area (Å²) in [6, 6.07) is 2.58. The maximum Gasteiger partial charge on any atom is 0.253 e. The number of carbonyl (C=O) groups excluding carboxylic acids is 1. The molecule has 0 N–H and O–H groups in total. The number of aryl methyl sites for hydroxylation is 1. The lowest BCUT2D eigenvalue weighted by molar-refractivity contribution is 0.108. The number of hydrogen-bond donors (Lipinski definition) is 0. The van der Waals surface area contributed by atoms with Gasteiger partial charge in [0.05, 0.1) is 22.0 Å². The van der Waals surface area contributed by atoms with Gasteiger partial charge in [0.1, 0.15) is 5.82 Å². The monoisotopic (exact) mass is 348 g/mol. The largest absolute Gasteiger partial charge is 0.276 e. The van der Waals surface area contributed by atoms with Crippen molar-refractivity contribution < 1.29 is 13.2 Å². The number of benzene rings is 1. The van der Waals surface area contributed by atoms with Crippen LogP contribution in [-0.2, 0) is 16.4 Å². The fourth-order valence-electron chi connectivity index (χ4n) is 1.80. The van der Waals surface area contributed by atoms with Crippen molar-refractivity contribution >= 4 is 38.3 Å². The van der Waals surface area contributed by atoms with E-state index in [9.17, 15) is 13.2 Å². The summed E-state index contributed by atoms with van der Waals surface area (Å²) in [6.45, 7) is 1.67. The molecule has 7 nitrogen and oxygen atoms in total. The fourth-order valence-corrected chi connectivity index (χ4v) is 3.30. The molecule has 0 aliphatic rings. The molecule has 0 aliphatic carbocycles. The molecule has 112 valence electrons. The molecule has 2 rings (SSSR count). The number of nitrogens with zero attached hydrogens (tertiary/aromatic N) is 4. The van der Waals surface area contributed by atoms with E-state index in [4.69, 9.17) is 23.2 Å². The third-order valence-electron chi connectivity index (χ3n) is 2.83. The van der Waals surface area contributed by atoms with Gasteiger partial charge in [0, 0.05) is 11.8 Å². The van der Waals surface area contributed by atoms with Crippen LogP contribution in [0.2, 0.25) is 5.02 Å². The molecule has 0 aliphatic heterocycles. The van der Waals surface area contributed by atoms with E-state index >= 15 is 0 Å². The number of sulfone groups is 1. The molecular weight excluding hydrogens is 339 g/mol. The molecule has 1 aromatic carbocycles. The number of tetrazole rings is 1. The molecule has 1 heterocycles. The van der Waals surface area contributed by atoms with Crippen LogP contribution in [0.4, 0.5) is 0 Å². The molecule has 2 aromatic rings. The van der Waals surface area contributed by atoms with Crippen molar-refractivity contribution in [3.8, 4) is 0 Å². The summed E-state index contributed by atoms with van der Waals surface area (Å²) < 4.78 is 25.1. The van der Waals surface area contributed by atoms with E-state index in [0.717, 1.165) is 6.26 Å². The van der Waals surface area contributed by atoms with Crippen molar-refractivity contribution in [2.24, 2.45) is 0 Å². The average molecular weight is 349 g/mol. The van der Waals surface area contributed by atoms with E-state index in [-0.39, 0.29) is 27.6 Å². The minimum absolute atomic E-state index is 0.00377. The normalized spacial score (nSPS) is 11.6. The minimum atomic E-state index is -3.54. The van der Waals surface area contributed by atoms with Crippen LogP contribution in [0, 0.1) is 6.92 Å². The smallest absolute Gasteiger partial charge is 0.253 e. The van der Waals surface area contributed by atoms with E-state index in [2.05, 4.69) is 15.5 Å². The number of carbonyl (C=O) groups is 1. The molecule has 0 unspecified atom stereocenters. The van der Waals surface area contributed by atoms with Gasteiger partial charge in [0.15, 0.2) is 9.84 Å². The van der Waals surface area contributed by atoms with Gasteiger partial charge >= 0.3 is 0 Å². The van der Waals surface area contributed by atoms with Crippen LogP contribution in [0.3, 0.4) is 0 Å². The lowest BCUT2D eigenvalue weighted by Gasteiger charge is -2.12. The summed E-state index contributed by atoms with van der Waals surface area (Å²) in [6.07, 6.45) is 1.05. The van der Waals surface area contributed by atoms with Gasteiger partial charge in [-0.05, 0) is 41.1 Å². The Morgan fingerprint density at radius 3 is 2.52 bits per heavy atom. The Morgan fingerprint density at radius 1 is 1.38 bits per heavy atom. The third kappa shape index (κ3) is 3.22. The second-order valence-corrected chi connectivity index (χ2v) is 7.04. The Balaban J connectivity index is 2.67. The summed E-state index contributed by atoms with van der Waals surface area (Å²) in [7, 11) is -3.54. The quantitative estimate of drug-likeness (QED) is 0.776. The molecule has 10 heteroatoms. The van der Waals surface area contributed by atoms with Crippen molar-refractivity contribution in [1.29, 1.82) is 0 Å². The first-order valence-corrected chi connectivity index (χ1v) is 8.30.